The highest BCUT2D eigenvalue weighted by atomic mass is 35.5. The fourth-order valence-corrected chi connectivity index (χ4v) is 2.36. The van der Waals surface area contributed by atoms with Crippen LogP contribution in [0.3, 0.4) is 0 Å². The molecule has 5 heteroatoms. The minimum absolute atomic E-state index is 0.688. The maximum absolute atomic E-state index is 6.01. The molecule has 1 aromatic carbocycles. The van der Waals surface area contributed by atoms with Gasteiger partial charge < -0.3 is 10.6 Å². The molecule has 0 aliphatic heterocycles. The first-order valence-electron chi connectivity index (χ1n) is 7.17. The average molecular weight is 305 g/mol. The SMILES string of the molecule is CCCc1nc(NC)c(C)c(NCc2cccc(Cl)c2)n1. The second kappa shape index (κ2) is 7.27. The number of halogens is 1. The van der Waals surface area contributed by atoms with Crippen LogP contribution in [0.25, 0.3) is 0 Å². The highest BCUT2D eigenvalue weighted by Crippen LogP contribution is 2.21. The van der Waals surface area contributed by atoms with Gasteiger partial charge in [0, 0.05) is 30.6 Å². The quantitative estimate of drug-likeness (QED) is 0.845. The van der Waals surface area contributed by atoms with Crippen molar-refractivity contribution in [2.24, 2.45) is 0 Å². The fraction of sp³-hybridized carbons (Fsp3) is 0.375. The molecular weight excluding hydrogens is 284 g/mol. The number of aromatic nitrogens is 2. The summed E-state index contributed by atoms with van der Waals surface area (Å²) >= 11 is 6.01. The van der Waals surface area contributed by atoms with Gasteiger partial charge >= 0.3 is 0 Å². The molecule has 0 aliphatic rings. The van der Waals surface area contributed by atoms with Crippen LogP contribution in [0.5, 0.6) is 0 Å². The van der Waals surface area contributed by atoms with E-state index in [1.807, 2.05) is 38.2 Å². The monoisotopic (exact) mass is 304 g/mol. The van der Waals surface area contributed by atoms with Crippen LogP contribution in [0, 0.1) is 6.92 Å². The van der Waals surface area contributed by atoms with Crippen molar-refractivity contribution in [3.63, 3.8) is 0 Å². The van der Waals surface area contributed by atoms with Crippen LogP contribution < -0.4 is 10.6 Å². The number of nitrogens with zero attached hydrogens (tertiary/aromatic N) is 2. The van der Waals surface area contributed by atoms with E-state index in [1.54, 1.807) is 0 Å². The third-order valence-corrected chi connectivity index (χ3v) is 3.49. The number of anilines is 2. The molecule has 4 nitrogen and oxygen atoms in total. The predicted octanol–water partition coefficient (Wildman–Crippen LogP) is 4.04. The van der Waals surface area contributed by atoms with E-state index < -0.39 is 0 Å². The molecule has 0 saturated heterocycles. The highest BCUT2D eigenvalue weighted by Gasteiger charge is 2.09. The lowest BCUT2D eigenvalue weighted by Gasteiger charge is -2.13. The van der Waals surface area contributed by atoms with Gasteiger partial charge in [0.15, 0.2) is 0 Å². The van der Waals surface area contributed by atoms with Crippen molar-refractivity contribution in [1.29, 1.82) is 0 Å². The Labute approximate surface area is 131 Å². The van der Waals surface area contributed by atoms with Gasteiger partial charge in [-0.1, -0.05) is 30.7 Å². The zero-order chi connectivity index (χ0) is 15.2. The summed E-state index contributed by atoms with van der Waals surface area (Å²) in [5, 5.41) is 7.26. The standard InChI is InChI=1S/C16H21ClN4/c1-4-6-14-20-15(18-3)11(2)16(21-14)19-10-12-7-5-8-13(17)9-12/h5,7-9H,4,6,10H2,1-3H3,(H2,18,19,20,21). The fourth-order valence-electron chi connectivity index (χ4n) is 2.15. The third-order valence-electron chi connectivity index (χ3n) is 3.25. The summed E-state index contributed by atoms with van der Waals surface area (Å²) in [5.74, 6) is 2.61. The molecule has 2 N–H and O–H groups in total. The Bertz CT molecular complexity index is 613. The van der Waals surface area contributed by atoms with Crippen molar-refractivity contribution in [1.82, 2.24) is 9.97 Å². The van der Waals surface area contributed by atoms with Gasteiger partial charge in [-0.25, -0.2) is 9.97 Å². The lowest BCUT2D eigenvalue weighted by molar-refractivity contribution is 0.831. The number of nitrogens with one attached hydrogen (secondary N) is 2. The minimum Gasteiger partial charge on any atom is -0.373 e. The number of aryl methyl sites for hydroxylation is 1. The maximum atomic E-state index is 6.01. The van der Waals surface area contributed by atoms with Crippen molar-refractivity contribution in [3.05, 3.63) is 46.2 Å². The summed E-state index contributed by atoms with van der Waals surface area (Å²) < 4.78 is 0. The molecule has 0 aliphatic carbocycles. The van der Waals surface area contributed by atoms with Gasteiger partial charge in [-0.3, -0.25) is 0 Å². The van der Waals surface area contributed by atoms with Gasteiger partial charge in [-0.05, 0) is 31.0 Å². The molecule has 112 valence electrons. The Morgan fingerprint density at radius 1 is 1.19 bits per heavy atom. The van der Waals surface area contributed by atoms with Crippen molar-refractivity contribution in [2.75, 3.05) is 17.7 Å². The van der Waals surface area contributed by atoms with Crippen molar-refractivity contribution in [3.8, 4) is 0 Å². The molecule has 0 radical (unpaired) electrons. The van der Waals surface area contributed by atoms with E-state index in [0.717, 1.165) is 46.5 Å². The molecule has 0 atom stereocenters. The second-order valence-corrected chi connectivity index (χ2v) is 5.38. The smallest absolute Gasteiger partial charge is 0.135 e. The molecule has 1 heterocycles. The van der Waals surface area contributed by atoms with E-state index in [0.29, 0.717) is 6.54 Å². The molecule has 2 aromatic rings. The lowest BCUT2D eigenvalue weighted by Crippen LogP contribution is -2.09. The zero-order valence-corrected chi connectivity index (χ0v) is 13.5. The molecule has 0 unspecified atom stereocenters. The maximum Gasteiger partial charge on any atom is 0.135 e. The Morgan fingerprint density at radius 3 is 2.62 bits per heavy atom. The first-order valence-corrected chi connectivity index (χ1v) is 7.55. The number of hydrogen-bond acceptors (Lipinski definition) is 4. The van der Waals surface area contributed by atoms with Gasteiger partial charge in [0.05, 0.1) is 0 Å². The van der Waals surface area contributed by atoms with Crippen molar-refractivity contribution >= 4 is 23.2 Å². The molecule has 0 spiro atoms. The molecule has 0 bridgehead atoms. The summed E-state index contributed by atoms with van der Waals surface area (Å²) in [6.45, 7) is 4.83. The van der Waals surface area contributed by atoms with E-state index in [9.17, 15) is 0 Å². The molecule has 0 fully saturated rings. The Kier molecular flexibility index (Phi) is 5.39. The Morgan fingerprint density at radius 2 is 1.95 bits per heavy atom. The van der Waals surface area contributed by atoms with Gasteiger partial charge in [0.2, 0.25) is 0 Å². The summed E-state index contributed by atoms with van der Waals surface area (Å²) in [5.41, 5.74) is 2.16. The van der Waals surface area contributed by atoms with Crippen LogP contribution in [0.4, 0.5) is 11.6 Å². The van der Waals surface area contributed by atoms with Crippen molar-refractivity contribution < 1.29 is 0 Å². The van der Waals surface area contributed by atoms with Crippen LogP contribution in [0.2, 0.25) is 5.02 Å². The largest absolute Gasteiger partial charge is 0.373 e. The van der Waals surface area contributed by atoms with E-state index >= 15 is 0 Å². The number of rotatable bonds is 6. The van der Waals surface area contributed by atoms with Gasteiger partial charge in [-0.2, -0.15) is 0 Å². The first kappa shape index (κ1) is 15.6. The lowest BCUT2D eigenvalue weighted by atomic mass is 10.2. The molecule has 21 heavy (non-hydrogen) atoms. The second-order valence-electron chi connectivity index (χ2n) is 4.95. The van der Waals surface area contributed by atoms with E-state index in [1.165, 1.54) is 0 Å². The van der Waals surface area contributed by atoms with Crippen LogP contribution in [-0.4, -0.2) is 17.0 Å². The van der Waals surface area contributed by atoms with Gasteiger partial charge in [0.1, 0.15) is 17.5 Å². The minimum atomic E-state index is 0.688. The summed E-state index contributed by atoms with van der Waals surface area (Å²) in [6, 6.07) is 7.82. The zero-order valence-electron chi connectivity index (χ0n) is 12.7. The van der Waals surface area contributed by atoms with Gasteiger partial charge in [0.25, 0.3) is 0 Å². The molecule has 0 saturated carbocycles. The predicted molar refractivity (Wildman–Crippen MR) is 89.1 cm³/mol. The highest BCUT2D eigenvalue weighted by molar-refractivity contribution is 6.30. The normalized spacial score (nSPS) is 10.5. The van der Waals surface area contributed by atoms with E-state index in [2.05, 4.69) is 27.5 Å². The summed E-state index contributed by atoms with van der Waals surface area (Å²) in [7, 11) is 1.88. The number of benzene rings is 1. The average Bonchev–Trinajstić information content (AvgIpc) is 2.48. The molecule has 1 aromatic heterocycles. The number of hydrogen-bond donors (Lipinski definition) is 2. The van der Waals surface area contributed by atoms with E-state index in [-0.39, 0.29) is 0 Å². The third kappa shape index (κ3) is 4.08. The summed E-state index contributed by atoms with van der Waals surface area (Å²) in [4.78, 5) is 9.14. The van der Waals surface area contributed by atoms with E-state index in [4.69, 9.17) is 11.6 Å². The van der Waals surface area contributed by atoms with Crippen LogP contribution in [0.1, 0.15) is 30.3 Å². The Hall–Kier alpha value is -1.81. The van der Waals surface area contributed by atoms with Crippen LogP contribution in [-0.2, 0) is 13.0 Å². The van der Waals surface area contributed by atoms with Crippen LogP contribution >= 0.6 is 11.6 Å². The van der Waals surface area contributed by atoms with Gasteiger partial charge in [-0.15, -0.1) is 0 Å². The van der Waals surface area contributed by atoms with Crippen molar-refractivity contribution in [2.45, 2.75) is 33.2 Å². The Balaban J connectivity index is 2.20. The first-order chi connectivity index (χ1) is 10.1. The molecule has 2 rings (SSSR count). The van der Waals surface area contributed by atoms with Crippen LogP contribution in [0.15, 0.2) is 24.3 Å². The summed E-state index contributed by atoms with van der Waals surface area (Å²) in [6.07, 6.45) is 1.90. The topological polar surface area (TPSA) is 49.8 Å². The molecule has 0 amide bonds. The molecular formula is C16H21ClN4.